The summed E-state index contributed by atoms with van der Waals surface area (Å²) in [5.41, 5.74) is 8.65. The lowest BCUT2D eigenvalue weighted by Crippen LogP contribution is -2.49. The number of hydrogen-bond acceptors (Lipinski definition) is 3. The van der Waals surface area contributed by atoms with Gasteiger partial charge in [-0.1, -0.05) is 30.3 Å². The summed E-state index contributed by atoms with van der Waals surface area (Å²) in [6.07, 6.45) is 1.07. The summed E-state index contributed by atoms with van der Waals surface area (Å²) in [5, 5.41) is 2.93. The van der Waals surface area contributed by atoms with Gasteiger partial charge in [-0.2, -0.15) is 0 Å². The zero-order valence-corrected chi connectivity index (χ0v) is 16.0. The van der Waals surface area contributed by atoms with Crippen molar-refractivity contribution in [3.05, 3.63) is 58.9 Å². The number of hydrogen-bond donors (Lipinski definition) is 2. The Labute approximate surface area is 159 Å². The fourth-order valence-corrected chi connectivity index (χ4v) is 3.66. The van der Waals surface area contributed by atoms with Crippen molar-refractivity contribution < 1.29 is 14.3 Å². The van der Waals surface area contributed by atoms with Crippen LogP contribution in [0.15, 0.2) is 36.4 Å². The van der Waals surface area contributed by atoms with Crippen LogP contribution >= 0.6 is 0 Å². The molecule has 0 aliphatic carbocycles. The number of benzene rings is 1. The molecule has 27 heavy (non-hydrogen) atoms. The summed E-state index contributed by atoms with van der Waals surface area (Å²) in [6.45, 7) is 5.88. The molecule has 0 bridgehead atoms. The number of nitrogens with two attached hydrogens (primary N) is 1. The van der Waals surface area contributed by atoms with E-state index in [1.807, 2.05) is 38.1 Å². The highest BCUT2D eigenvalue weighted by molar-refractivity contribution is 5.96. The van der Waals surface area contributed by atoms with Gasteiger partial charge in [-0.05, 0) is 38.3 Å². The largest absolute Gasteiger partial charge is 0.381 e. The molecule has 6 heteroatoms. The monoisotopic (exact) mass is 369 g/mol. The lowest BCUT2D eigenvalue weighted by Gasteiger charge is -2.34. The van der Waals surface area contributed by atoms with Crippen LogP contribution in [0, 0.1) is 19.3 Å². The van der Waals surface area contributed by atoms with Gasteiger partial charge < -0.3 is 20.4 Å². The first-order chi connectivity index (χ1) is 12.9. The first-order valence-electron chi connectivity index (χ1n) is 9.29. The van der Waals surface area contributed by atoms with Crippen LogP contribution < -0.4 is 11.1 Å². The van der Waals surface area contributed by atoms with Crippen LogP contribution in [-0.4, -0.2) is 36.1 Å². The molecule has 0 radical (unpaired) electrons. The molecule has 0 spiro atoms. The van der Waals surface area contributed by atoms with Gasteiger partial charge in [-0.15, -0.1) is 0 Å². The lowest BCUT2D eigenvalue weighted by molar-refractivity contribution is -0.132. The molecule has 6 nitrogen and oxygen atoms in total. The molecule has 1 aliphatic rings. The summed E-state index contributed by atoms with van der Waals surface area (Å²) < 4.78 is 7.46. The number of carbonyl (C=O) groups is 2. The van der Waals surface area contributed by atoms with Crippen molar-refractivity contribution >= 4 is 11.8 Å². The van der Waals surface area contributed by atoms with Gasteiger partial charge in [0.05, 0.1) is 11.0 Å². The third-order valence-electron chi connectivity index (χ3n) is 5.56. The van der Waals surface area contributed by atoms with E-state index in [2.05, 4.69) is 22.0 Å². The molecule has 3 rings (SSSR count). The van der Waals surface area contributed by atoms with Gasteiger partial charge in [0.1, 0.15) is 0 Å². The van der Waals surface area contributed by atoms with E-state index in [1.165, 1.54) is 5.56 Å². The first-order valence-corrected chi connectivity index (χ1v) is 9.29. The van der Waals surface area contributed by atoms with Gasteiger partial charge in [0.25, 0.3) is 5.91 Å². The molecule has 1 aromatic carbocycles. The van der Waals surface area contributed by atoms with E-state index in [4.69, 9.17) is 10.5 Å². The molecular formula is C21H27N3O3. The van der Waals surface area contributed by atoms with Gasteiger partial charge in [-0.3, -0.25) is 9.59 Å². The average molecular weight is 369 g/mol. The van der Waals surface area contributed by atoms with Gasteiger partial charge in [0.2, 0.25) is 5.91 Å². The third-order valence-corrected chi connectivity index (χ3v) is 5.56. The van der Waals surface area contributed by atoms with Crippen LogP contribution in [0.3, 0.4) is 0 Å². The molecule has 2 aromatic rings. The Balaban J connectivity index is 1.73. The van der Waals surface area contributed by atoms with Crippen LogP contribution in [0.1, 0.15) is 40.2 Å². The molecule has 0 atom stereocenters. The van der Waals surface area contributed by atoms with E-state index in [0.717, 1.165) is 11.4 Å². The van der Waals surface area contributed by atoms with Gasteiger partial charge in [0.15, 0.2) is 0 Å². The molecule has 1 aliphatic heterocycles. The molecule has 0 saturated carbocycles. The third kappa shape index (κ3) is 4.06. The SMILES string of the molecule is Cc1cc(C(=O)NCC2(C(N)=O)CCOCC2)c(C)n1Cc1ccccc1. The Morgan fingerprint density at radius 2 is 1.85 bits per heavy atom. The number of nitrogens with zero attached hydrogens (tertiary/aromatic N) is 1. The fourth-order valence-electron chi connectivity index (χ4n) is 3.66. The highest BCUT2D eigenvalue weighted by Gasteiger charge is 2.38. The molecule has 2 heterocycles. The lowest BCUT2D eigenvalue weighted by atomic mass is 9.79. The quantitative estimate of drug-likeness (QED) is 0.818. The van der Waals surface area contributed by atoms with Crippen molar-refractivity contribution in [2.24, 2.45) is 11.1 Å². The summed E-state index contributed by atoms with van der Waals surface area (Å²) in [7, 11) is 0. The van der Waals surface area contributed by atoms with Gasteiger partial charge >= 0.3 is 0 Å². The van der Waals surface area contributed by atoms with Crippen molar-refractivity contribution in [1.29, 1.82) is 0 Å². The minimum atomic E-state index is -0.719. The normalized spacial score (nSPS) is 16.1. The van der Waals surface area contributed by atoms with Crippen molar-refractivity contribution in [1.82, 2.24) is 9.88 Å². The van der Waals surface area contributed by atoms with E-state index >= 15 is 0 Å². The molecule has 0 unspecified atom stereocenters. The molecule has 2 amide bonds. The number of rotatable bonds is 6. The number of aromatic nitrogens is 1. The van der Waals surface area contributed by atoms with Crippen molar-refractivity contribution in [3.8, 4) is 0 Å². The Morgan fingerprint density at radius 1 is 1.19 bits per heavy atom. The predicted octanol–water partition coefficient (Wildman–Crippen LogP) is 2.17. The van der Waals surface area contributed by atoms with Crippen molar-refractivity contribution in [2.75, 3.05) is 19.8 Å². The van der Waals surface area contributed by atoms with Crippen LogP contribution in [-0.2, 0) is 16.1 Å². The van der Waals surface area contributed by atoms with Crippen LogP contribution in [0.2, 0.25) is 0 Å². The summed E-state index contributed by atoms with van der Waals surface area (Å²) in [5.74, 6) is -0.546. The maximum Gasteiger partial charge on any atom is 0.253 e. The Bertz CT molecular complexity index is 821. The number of aryl methyl sites for hydroxylation is 1. The molecule has 1 fully saturated rings. The zero-order valence-electron chi connectivity index (χ0n) is 16.0. The molecule has 1 aromatic heterocycles. The maximum atomic E-state index is 12.8. The predicted molar refractivity (Wildman–Crippen MR) is 103 cm³/mol. The molecular weight excluding hydrogens is 342 g/mol. The zero-order chi connectivity index (χ0) is 19.4. The molecule has 1 saturated heterocycles. The van der Waals surface area contributed by atoms with Crippen molar-refractivity contribution in [3.63, 3.8) is 0 Å². The van der Waals surface area contributed by atoms with E-state index in [1.54, 1.807) is 0 Å². The minimum Gasteiger partial charge on any atom is -0.381 e. The number of ether oxygens (including phenoxy) is 1. The minimum absolute atomic E-state index is 0.172. The van der Waals surface area contributed by atoms with Crippen LogP contribution in [0.5, 0.6) is 0 Å². The van der Waals surface area contributed by atoms with Gasteiger partial charge in [-0.25, -0.2) is 0 Å². The van der Waals surface area contributed by atoms with Crippen molar-refractivity contribution in [2.45, 2.75) is 33.2 Å². The van der Waals surface area contributed by atoms with E-state index in [0.29, 0.717) is 38.2 Å². The summed E-state index contributed by atoms with van der Waals surface area (Å²) in [6, 6.07) is 12.0. The second-order valence-corrected chi connectivity index (χ2v) is 7.30. The van der Waals surface area contributed by atoms with Crippen LogP contribution in [0.4, 0.5) is 0 Å². The number of primary amides is 1. The highest BCUT2D eigenvalue weighted by Crippen LogP contribution is 2.29. The standard InChI is InChI=1S/C21H27N3O3/c1-15-12-18(16(2)24(15)13-17-6-4-3-5-7-17)19(25)23-14-21(20(22)26)8-10-27-11-9-21/h3-7,12H,8-11,13-14H2,1-2H3,(H2,22,26)(H,23,25). The fraction of sp³-hybridized carbons (Fsp3) is 0.429. The Hall–Kier alpha value is -2.60. The van der Waals surface area contributed by atoms with Gasteiger partial charge in [0, 0.05) is 37.7 Å². The molecule has 144 valence electrons. The highest BCUT2D eigenvalue weighted by atomic mass is 16.5. The summed E-state index contributed by atoms with van der Waals surface area (Å²) in [4.78, 5) is 24.7. The van der Waals surface area contributed by atoms with E-state index < -0.39 is 5.41 Å². The first kappa shape index (κ1) is 19.2. The second-order valence-electron chi connectivity index (χ2n) is 7.30. The number of amides is 2. The smallest absolute Gasteiger partial charge is 0.253 e. The summed E-state index contributed by atoms with van der Waals surface area (Å²) >= 11 is 0. The molecule has 3 N–H and O–H groups in total. The number of carbonyl (C=O) groups excluding carboxylic acids is 2. The average Bonchev–Trinajstić information content (AvgIpc) is 2.96. The number of nitrogens with one attached hydrogen (secondary N) is 1. The Kier molecular flexibility index (Phi) is 5.65. The van der Waals surface area contributed by atoms with E-state index in [-0.39, 0.29) is 18.4 Å². The Morgan fingerprint density at radius 3 is 2.48 bits per heavy atom. The second kappa shape index (κ2) is 7.96. The maximum absolute atomic E-state index is 12.8. The topological polar surface area (TPSA) is 86.3 Å². The van der Waals surface area contributed by atoms with Crippen LogP contribution in [0.25, 0.3) is 0 Å². The van der Waals surface area contributed by atoms with E-state index in [9.17, 15) is 9.59 Å².